The minimum absolute atomic E-state index is 0.154. The van der Waals surface area contributed by atoms with Gasteiger partial charge in [-0.15, -0.1) is 0 Å². The van der Waals surface area contributed by atoms with Crippen LogP contribution in [0.3, 0.4) is 0 Å². The molecule has 0 aliphatic heterocycles. The molecule has 0 saturated heterocycles. The average Bonchev–Trinajstić information content (AvgIpc) is 2.42. The summed E-state index contributed by atoms with van der Waals surface area (Å²) < 4.78 is 18.9. The summed E-state index contributed by atoms with van der Waals surface area (Å²) in [6.45, 7) is 5.26. The molecule has 5 nitrogen and oxygen atoms in total. The lowest BCUT2D eigenvalue weighted by Crippen LogP contribution is -2.13. The zero-order chi connectivity index (χ0) is 14.4. The number of alkyl halides is 1. The maximum Gasteiger partial charge on any atom is 0.336 e. The largest absolute Gasteiger partial charge is 0.462 e. The van der Waals surface area contributed by atoms with Crippen LogP contribution < -0.4 is 0 Å². The number of nitrogens with zero attached hydrogens (tertiary/aromatic N) is 1. The molecular formula is C13H14FNO4. The first kappa shape index (κ1) is 14.8. The number of nitro benzene ring substituents is 1. The van der Waals surface area contributed by atoms with E-state index in [0.717, 1.165) is 0 Å². The van der Waals surface area contributed by atoms with Crippen LogP contribution in [0.1, 0.15) is 25.1 Å². The van der Waals surface area contributed by atoms with E-state index < -0.39 is 22.6 Å². The molecule has 0 aliphatic carbocycles. The van der Waals surface area contributed by atoms with Gasteiger partial charge < -0.3 is 4.74 Å². The number of para-hydroxylation sites is 1. The standard InChI is InChI=1S/C13H14FNO4/c1-3-8-19-13(16)9(2)12(14)10-6-4-5-7-11(10)15(17)18/h4-7,12H,2-3,8H2,1H3. The number of esters is 1. The monoisotopic (exact) mass is 267 g/mol. The van der Waals surface area contributed by atoms with E-state index in [1.807, 2.05) is 0 Å². The van der Waals surface area contributed by atoms with E-state index in [1.54, 1.807) is 6.92 Å². The van der Waals surface area contributed by atoms with Crippen molar-refractivity contribution in [1.82, 2.24) is 0 Å². The third-order valence-corrected chi connectivity index (χ3v) is 2.41. The second-order valence-corrected chi connectivity index (χ2v) is 3.84. The Morgan fingerprint density at radius 3 is 2.74 bits per heavy atom. The van der Waals surface area contributed by atoms with Crippen molar-refractivity contribution in [2.45, 2.75) is 19.5 Å². The first-order chi connectivity index (χ1) is 8.99. The SMILES string of the molecule is C=C(C(=O)OCCC)C(F)c1ccccc1[N+](=O)[O-]. The number of hydrogen-bond acceptors (Lipinski definition) is 4. The van der Waals surface area contributed by atoms with Gasteiger partial charge in [0.25, 0.3) is 5.69 Å². The number of nitro groups is 1. The first-order valence-electron chi connectivity index (χ1n) is 5.72. The zero-order valence-electron chi connectivity index (χ0n) is 10.5. The minimum atomic E-state index is -1.95. The fraction of sp³-hybridized carbons (Fsp3) is 0.308. The number of ether oxygens (including phenoxy) is 1. The van der Waals surface area contributed by atoms with Crippen LogP contribution in [0.5, 0.6) is 0 Å². The highest BCUT2D eigenvalue weighted by Crippen LogP contribution is 2.32. The van der Waals surface area contributed by atoms with E-state index in [2.05, 4.69) is 6.58 Å². The molecule has 1 atom stereocenters. The number of halogens is 1. The van der Waals surface area contributed by atoms with Crippen LogP contribution in [0.2, 0.25) is 0 Å². The summed E-state index contributed by atoms with van der Waals surface area (Å²) in [6, 6.07) is 5.31. The lowest BCUT2D eigenvalue weighted by Gasteiger charge is -2.11. The lowest BCUT2D eigenvalue weighted by atomic mass is 10.0. The second-order valence-electron chi connectivity index (χ2n) is 3.84. The van der Waals surface area contributed by atoms with Crippen LogP contribution in [0.25, 0.3) is 0 Å². The zero-order valence-corrected chi connectivity index (χ0v) is 10.5. The van der Waals surface area contributed by atoms with Crippen molar-refractivity contribution in [3.8, 4) is 0 Å². The molecule has 0 radical (unpaired) electrons. The van der Waals surface area contributed by atoms with Crippen molar-refractivity contribution in [3.63, 3.8) is 0 Å². The van der Waals surface area contributed by atoms with Gasteiger partial charge in [0.15, 0.2) is 6.17 Å². The van der Waals surface area contributed by atoms with Crippen LogP contribution >= 0.6 is 0 Å². The van der Waals surface area contributed by atoms with Crippen LogP contribution in [-0.4, -0.2) is 17.5 Å². The molecule has 0 bridgehead atoms. The van der Waals surface area contributed by atoms with Crippen molar-refractivity contribution < 1.29 is 18.8 Å². The third kappa shape index (κ3) is 3.61. The van der Waals surface area contributed by atoms with Crippen LogP contribution in [0.15, 0.2) is 36.4 Å². The predicted molar refractivity (Wildman–Crippen MR) is 67.3 cm³/mol. The quantitative estimate of drug-likeness (QED) is 0.343. The van der Waals surface area contributed by atoms with Gasteiger partial charge in [-0.05, 0) is 12.5 Å². The van der Waals surface area contributed by atoms with Crippen LogP contribution in [0.4, 0.5) is 10.1 Å². The molecule has 0 spiro atoms. The summed E-state index contributed by atoms with van der Waals surface area (Å²) in [5.74, 6) is -0.882. The van der Waals surface area contributed by atoms with Crippen molar-refractivity contribution >= 4 is 11.7 Å². The van der Waals surface area contributed by atoms with E-state index in [9.17, 15) is 19.3 Å². The first-order valence-corrected chi connectivity index (χ1v) is 5.72. The molecular weight excluding hydrogens is 253 g/mol. The van der Waals surface area contributed by atoms with Gasteiger partial charge in [-0.2, -0.15) is 0 Å². The highest BCUT2D eigenvalue weighted by atomic mass is 19.1. The number of rotatable bonds is 6. The second kappa shape index (κ2) is 6.63. The van der Waals surface area contributed by atoms with E-state index in [0.29, 0.717) is 6.42 Å². The van der Waals surface area contributed by atoms with Gasteiger partial charge in [-0.1, -0.05) is 25.6 Å². The van der Waals surface area contributed by atoms with Gasteiger partial charge in [0.2, 0.25) is 0 Å². The molecule has 0 fully saturated rings. The van der Waals surface area contributed by atoms with Gasteiger partial charge >= 0.3 is 5.97 Å². The summed E-state index contributed by atoms with van der Waals surface area (Å²) in [5, 5.41) is 10.8. The van der Waals surface area contributed by atoms with Crippen LogP contribution in [0, 0.1) is 10.1 Å². The fourth-order valence-electron chi connectivity index (χ4n) is 1.45. The highest BCUT2D eigenvalue weighted by molar-refractivity contribution is 5.89. The van der Waals surface area contributed by atoms with E-state index in [4.69, 9.17) is 4.74 Å². The number of benzene rings is 1. The molecule has 0 saturated carbocycles. The molecule has 1 aromatic rings. The summed E-state index contributed by atoms with van der Waals surface area (Å²) in [7, 11) is 0. The summed E-state index contributed by atoms with van der Waals surface area (Å²) in [6.07, 6.45) is -1.35. The lowest BCUT2D eigenvalue weighted by molar-refractivity contribution is -0.385. The molecule has 1 rings (SSSR count). The smallest absolute Gasteiger partial charge is 0.336 e. The molecule has 1 unspecified atom stereocenters. The molecule has 0 heterocycles. The Labute approximate surface area is 109 Å². The maximum absolute atomic E-state index is 14.1. The fourth-order valence-corrected chi connectivity index (χ4v) is 1.45. The summed E-state index contributed by atoms with van der Waals surface area (Å²) in [4.78, 5) is 21.5. The van der Waals surface area contributed by atoms with Gasteiger partial charge in [0.05, 0.1) is 22.7 Å². The van der Waals surface area contributed by atoms with Gasteiger partial charge in [-0.3, -0.25) is 10.1 Å². The number of hydrogen-bond donors (Lipinski definition) is 0. The molecule has 0 aliphatic rings. The normalized spacial score (nSPS) is 11.7. The Bertz CT molecular complexity index is 501. The highest BCUT2D eigenvalue weighted by Gasteiger charge is 2.27. The Morgan fingerprint density at radius 2 is 2.16 bits per heavy atom. The Morgan fingerprint density at radius 1 is 1.53 bits per heavy atom. The molecule has 0 amide bonds. The molecule has 0 aromatic heterocycles. The maximum atomic E-state index is 14.1. The molecule has 6 heteroatoms. The number of carbonyl (C=O) groups is 1. The van der Waals surface area contributed by atoms with Crippen molar-refractivity contribution in [2.24, 2.45) is 0 Å². The van der Waals surface area contributed by atoms with Gasteiger partial charge in [0.1, 0.15) is 0 Å². The molecule has 19 heavy (non-hydrogen) atoms. The topological polar surface area (TPSA) is 69.4 Å². The van der Waals surface area contributed by atoms with Crippen LogP contribution in [-0.2, 0) is 9.53 Å². The van der Waals surface area contributed by atoms with Crippen molar-refractivity contribution in [3.05, 3.63) is 52.1 Å². The van der Waals surface area contributed by atoms with Crippen molar-refractivity contribution in [1.29, 1.82) is 0 Å². The predicted octanol–water partition coefficient (Wildman–Crippen LogP) is 3.11. The van der Waals surface area contributed by atoms with E-state index in [1.165, 1.54) is 24.3 Å². The Balaban J connectivity index is 2.94. The van der Waals surface area contributed by atoms with Gasteiger partial charge in [-0.25, -0.2) is 9.18 Å². The molecule has 102 valence electrons. The van der Waals surface area contributed by atoms with Crippen molar-refractivity contribution in [2.75, 3.05) is 6.61 Å². The Kier molecular flexibility index (Phi) is 5.17. The molecule has 1 aromatic carbocycles. The summed E-state index contributed by atoms with van der Waals surface area (Å²) in [5.41, 5.74) is -1.03. The van der Waals surface area contributed by atoms with E-state index in [-0.39, 0.29) is 17.9 Å². The summed E-state index contributed by atoms with van der Waals surface area (Å²) >= 11 is 0. The van der Waals surface area contributed by atoms with Gasteiger partial charge in [0, 0.05) is 6.07 Å². The Hall–Kier alpha value is -2.24. The molecule has 0 N–H and O–H groups in total. The minimum Gasteiger partial charge on any atom is -0.462 e. The average molecular weight is 267 g/mol. The third-order valence-electron chi connectivity index (χ3n) is 2.41. The number of carbonyl (C=O) groups excluding carboxylic acids is 1. The van der Waals surface area contributed by atoms with E-state index >= 15 is 0 Å².